The van der Waals surface area contributed by atoms with Crippen LogP contribution >= 0.6 is 11.8 Å². The number of rotatable bonds is 3. The maximum Gasteiger partial charge on any atom is 0.313 e. The van der Waals surface area contributed by atoms with Crippen molar-refractivity contribution in [2.24, 2.45) is 0 Å². The summed E-state index contributed by atoms with van der Waals surface area (Å²) in [6.07, 6.45) is 5.75. The number of carbonyl (C=O) groups is 1. The van der Waals surface area contributed by atoms with E-state index in [0.717, 1.165) is 23.7 Å². The van der Waals surface area contributed by atoms with Crippen molar-refractivity contribution >= 4 is 17.7 Å². The third-order valence-electron chi connectivity index (χ3n) is 2.52. The molecule has 82 valence electrons. The van der Waals surface area contributed by atoms with Gasteiger partial charge in [-0.25, -0.2) is 4.98 Å². The summed E-state index contributed by atoms with van der Waals surface area (Å²) in [5.74, 6) is -0.724. The quantitative estimate of drug-likeness (QED) is 0.610. The van der Waals surface area contributed by atoms with Crippen LogP contribution in [0.15, 0.2) is 5.16 Å². The highest BCUT2D eigenvalue weighted by Gasteiger charge is 2.13. The van der Waals surface area contributed by atoms with Gasteiger partial charge in [0.15, 0.2) is 5.16 Å². The van der Waals surface area contributed by atoms with Gasteiger partial charge in [-0.1, -0.05) is 18.2 Å². The molecule has 0 aliphatic heterocycles. The highest BCUT2D eigenvalue weighted by molar-refractivity contribution is 7.99. The van der Waals surface area contributed by atoms with E-state index >= 15 is 0 Å². The fourth-order valence-corrected chi connectivity index (χ4v) is 2.43. The number of H-pyrrole nitrogens is 1. The SMILES string of the molecule is O=C(O)CSc1nc2c([nH]1)CCCCC2. The average molecular weight is 226 g/mol. The van der Waals surface area contributed by atoms with E-state index in [1.807, 2.05) is 0 Å². The molecular formula is C10H14N2O2S. The molecule has 0 aromatic carbocycles. The molecule has 0 atom stereocenters. The lowest BCUT2D eigenvalue weighted by Crippen LogP contribution is -1.98. The maximum absolute atomic E-state index is 10.4. The van der Waals surface area contributed by atoms with Crippen molar-refractivity contribution in [1.82, 2.24) is 9.97 Å². The number of carboxylic acids is 1. The Labute approximate surface area is 92.5 Å². The van der Waals surface area contributed by atoms with Gasteiger partial charge < -0.3 is 10.1 Å². The zero-order chi connectivity index (χ0) is 10.7. The summed E-state index contributed by atoms with van der Waals surface area (Å²) < 4.78 is 0. The number of aromatic nitrogens is 2. The Kier molecular flexibility index (Phi) is 3.30. The van der Waals surface area contributed by atoms with Crippen molar-refractivity contribution in [1.29, 1.82) is 0 Å². The van der Waals surface area contributed by atoms with Crippen LogP contribution in [-0.2, 0) is 17.6 Å². The third-order valence-corrected chi connectivity index (χ3v) is 3.37. The van der Waals surface area contributed by atoms with Crippen LogP contribution in [0.1, 0.15) is 30.7 Å². The van der Waals surface area contributed by atoms with Crippen LogP contribution in [0.4, 0.5) is 0 Å². The topological polar surface area (TPSA) is 66.0 Å². The largest absolute Gasteiger partial charge is 0.481 e. The van der Waals surface area contributed by atoms with Gasteiger partial charge in [0.2, 0.25) is 0 Å². The summed E-state index contributed by atoms with van der Waals surface area (Å²) in [5.41, 5.74) is 2.35. The Morgan fingerprint density at radius 1 is 1.40 bits per heavy atom. The zero-order valence-electron chi connectivity index (χ0n) is 8.45. The second-order valence-corrected chi connectivity index (χ2v) is 4.67. The first-order chi connectivity index (χ1) is 7.25. The zero-order valence-corrected chi connectivity index (χ0v) is 9.27. The van der Waals surface area contributed by atoms with E-state index < -0.39 is 5.97 Å². The molecule has 15 heavy (non-hydrogen) atoms. The number of fused-ring (bicyclic) bond motifs is 1. The van der Waals surface area contributed by atoms with Gasteiger partial charge in [0.25, 0.3) is 0 Å². The molecule has 0 fully saturated rings. The average Bonchev–Trinajstić information content (AvgIpc) is 2.46. The first kappa shape index (κ1) is 10.5. The van der Waals surface area contributed by atoms with Crippen LogP contribution in [0.3, 0.4) is 0 Å². The molecule has 0 saturated carbocycles. The molecule has 0 unspecified atom stereocenters. The van der Waals surface area contributed by atoms with Crippen LogP contribution in [0.25, 0.3) is 0 Å². The van der Waals surface area contributed by atoms with Crippen molar-refractivity contribution in [3.05, 3.63) is 11.4 Å². The van der Waals surface area contributed by atoms with E-state index in [9.17, 15) is 4.79 Å². The fourth-order valence-electron chi connectivity index (χ4n) is 1.80. The Hall–Kier alpha value is -0.970. The van der Waals surface area contributed by atoms with Gasteiger partial charge in [0.05, 0.1) is 11.4 Å². The lowest BCUT2D eigenvalue weighted by molar-refractivity contribution is -0.133. The number of aliphatic carboxylic acids is 1. The van der Waals surface area contributed by atoms with Crippen molar-refractivity contribution in [3.8, 4) is 0 Å². The van der Waals surface area contributed by atoms with E-state index in [0.29, 0.717) is 0 Å². The third kappa shape index (κ3) is 2.75. The molecule has 1 aliphatic rings. The highest BCUT2D eigenvalue weighted by atomic mass is 32.2. The molecule has 0 radical (unpaired) electrons. The summed E-state index contributed by atoms with van der Waals surface area (Å²) in [5, 5.41) is 9.31. The summed E-state index contributed by atoms with van der Waals surface area (Å²) >= 11 is 1.26. The summed E-state index contributed by atoms with van der Waals surface area (Å²) in [6, 6.07) is 0. The predicted molar refractivity (Wildman–Crippen MR) is 58.2 cm³/mol. The molecule has 2 N–H and O–H groups in total. The molecule has 5 heteroatoms. The van der Waals surface area contributed by atoms with Gasteiger partial charge in [0, 0.05) is 5.69 Å². The van der Waals surface area contributed by atoms with E-state index in [1.165, 1.54) is 36.7 Å². The molecule has 0 amide bonds. The Morgan fingerprint density at radius 3 is 3.00 bits per heavy atom. The molecule has 0 saturated heterocycles. The number of nitrogens with one attached hydrogen (secondary N) is 1. The number of thioether (sulfide) groups is 1. The van der Waals surface area contributed by atoms with Gasteiger partial charge in [-0.2, -0.15) is 0 Å². The van der Waals surface area contributed by atoms with Gasteiger partial charge in [-0.3, -0.25) is 4.79 Å². The second-order valence-electron chi connectivity index (χ2n) is 3.71. The normalized spacial score (nSPS) is 15.7. The molecule has 0 bridgehead atoms. The molecule has 1 aromatic rings. The molecule has 1 heterocycles. The van der Waals surface area contributed by atoms with Crippen LogP contribution in [0, 0.1) is 0 Å². The lowest BCUT2D eigenvalue weighted by atomic mass is 10.2. The van der Waals surface area contributed by atoms with Crippen LogP contribution in [-0.4, -0.2) is 26.8 Å². The Balaban J connectivity index is 2.05. The molecule has 0 spiro atoms. The smallest absolute Gasteiger partial charge is 0.313 e. The van der Waals surface area contributed by atoms with E-state index in [2.05, 4.69) is 9.97 Å². The van der Waals surface area contributed by atoms with E-state index in [-0.39, 0.29) is 5.75 Å². The summed E-state index contributed by atoms with van der Waals surface area (Å²) in [7, 11) is 0. The molecule has 1 aromatic heterocycles. The van der Waals surface area contributed by atoms with Crippen molar-refractivity contribution < 1.29 is 9.90 Å². The van der Waals surface area contributed by atoms with Crippen LogP contribution < -0.4 is 0 Å². The summed E-state index contributed by atoms with van der Waals surface area (Å²) in [6.45, 7) is 0. The molecule has 1 aliphatic carbocycles. The van der Waals surface area contributed by atoms with E-state index in [4.69, 9.17) is 5.11 Å². The maximum atomic E-state index is 10.4. The standard InChI is InChI=1S/C10H14N2O2S/c13-9(14)6-15-10-11-7-4-2-1-3-5-8(7)12-10/h1-6H2,(H,11,12)(H,13,14). The number of aromatic amines is 1. The number of nitrogens with zero attached hydrogens (tertiary/aromatic N) is 1. The first-order valence-corrected chi connectivity index (χ1v) is 6.16. The van der Waals surface area contributed by atoms with Crippen molar-refractivity contribution in [3.63, 3.8) is 0 Å². The monoisotopic (exact) mass is 226 g/mol. The summed E-state index contributed by atoms with van der Waals surface area (Å²) in [4.78, 5) is 18.1. The minimum absolute atomic E-state index is 0.0758. The lowest BCUT2D eigenvalue weighted by Gasteiger charge is -1.93. The van der Waals surface area contributed by atoms with Crippen LogP contribution in [0.2, 0.25) is 0 Å². The van der Waals surface area contributed by atoms with Gasteiger partial charge in [-0.15, -0.1) is 0 Å². The van der Waals surface area contributed by atoms with Gasteiger partial charge in [-0.05, 0) is 25.7 Å². The van der Waals surface area contributed by atoms with Crippen LogP contribution in [0.5, 0.6) is 0 Å². The van der Waals surface area contributed by atoms with Crippen molar-refractivity contribution in [2.75, 3.05) is 5.75 Å². The van der Waals surface area contributed by atoms with Crippen molar-refractivity contribution in [2.45, 2.75) is 37.3 Å². The number of hydrogen-bond acceptors (Lipinski definition) is 3. The number of aryl methyl sites for hydroxylation is 2. The number of carboxylic acid groups (broad SMARTS) is 1. The predicted octanol–water partition coefficient (Wildman–Crippen LogP) is 1.86. The van der Waals surface area contributed by atoms with Gasteiger partial charge >= 0.3 is 5.97 Å². The first-order valence-electron chi connectivity index (χ1n) is 5.18. The molecular weight excluding hydrogens is 212 g/mol. The Morgan fingerprint density at radius 2 is 2.20 bits per heavy atom. The number of imidazole rings is 1. The molecule has 4 nitrogen and oxygen atoms in total. The van der Waals surface area contributed by atoms with E-state index in [1.54, 1.807) is 0 Å². The molecule has 2 rings (SSSR count). The minimum Gasteiger partial charge on any atom is -0.481 e. The second kappa shape index (κ2) is 4.70. The minimum atomic E-state index is -0.799. The fraction of sp³-hybridized carbons (Fsp3) is 0.600. The highest BCUT2D eigenvalue weighted by Crippen LogP contribution is 2.22. The number of hydrogen-bond donors (Lipinski definition) is 2. The Bertz CT molecular complexity index is 339. The van der Waals surface area contributed by atoms with Gasteiger partial charge in [0.1, 0.15) is 0 Å².